The lowest BCUT2D eigenvalue weighted by Gasteiger charge is -2.30. The van der Waals surface area contributed by atoms with Crippen LogP contribution in [0.4, 0.5) is 0 Å². The number of nitrogens with zero attached hydrogens (tertiary/aromatic N) is 1. The Morgan fingerprint density at radius 1 is 1.50 bits per heavy atom. The fourth-order valence-electron chi connectivity index (χ4n) is 2.52. The third-order valence-electron chi connectivity index (χ3n) is 3.42. The quantitative estimate of drug-likeness (QED) is 0.557. The molecular weight excluding hydrogens is 182 g/mol. The summed E-state index contributed by atoms with van der Waals surface area (Å²) in [5.41, 5.74) is 0. The van der Waals surface area contributed by atoms with E-state index < -0.39 is 6.04 Å². The molecule has 0 aromatic carbocycles. The fraction of sp³-hybridized carbons (Fsp3) is 1.00. The van der Waals surface area contributed by atoms with E-state index >= 15 is 0 Å². The van der Waals surface area contributed by atoms with Crippen LogP contribution in [0.5, 0.6) is 0 Å². The Labute approximate surface area is 84.5 Å². The Bertz CT molecular complexity index is 192. The molecule has 0 bridgehead atoms. The second-order valence-corrected chi connectivity index (χ2v) is 4.15. The largest absolute Gasteiger partial charge is 0.396 e. The van der Waals surface area contributed by atoms with Crippen molar-refractivity contribution in [1.29, 1.82) is 0 Å². The zero-order valence-electron chi connectivity index (χ0n) is 8.69. The van der Waals surface area contributed by atoms with Crippen molar-refractivity contribution in [2.75, 3.05) is 6.61 Å². The first-order valence-electron chi connectivity index (χ1n) is 5.45. The van der Waals surface area contributed by atoms with Crippen molar-refractivity contribution in [3.63, 3.8) is 0 Å². The molecule has 4 heteroatoms. The summed E-state index contributed by atoms with van der Waals surface area (Å²) in [5.74, 6) is 0.208. The molecule has 1 fully saturated rings. The third-order valence-corrected chi connectivity index (χ3v) is 3.42. The topological polar surface area (TPSA) is 63.4 Å². The number of aliphatic hydroxyl groups excluding tert-OH is 1. The number of rotatable bonds is 4. The van der Waals surface area contributed by atoms with E-state index in [9.17, 15) is 10.1 Å². The normalized spacial score (nSPS) is 29.9. The van der Waals surface area contributed by atoms with Crippen LogP contribution in [-0.4, -0.2) is 22.7 Å². The Hall–Kier alpha value is -0.640. The highest BCUT2D eigenvalue weighted by molar-refractivity contribution is 4.80. The molecule has 82 valence electrons. The van der Waals surface area contributed by atoms with E-state index in [-0.39, 0.29) is 23.4 Å². The van der Waals surface area contributed by atoms with Gasteiger partial charge in [0.1, 0.15) is 0 Å². The van der Waals surface area contributed by atoms with E-state index in [2.05, 4.69) is 0 Å². The van der Waals surface area contributed by atoms with E-state index in [1.807, 2.05) is 6.92 Å². The first-order valence-corrected chi connectivity index (χ1v) is 5.45. The zero-order chi connectivity index (χ0) is 10.6. The summed E-state index contributed by atoms with van der Waals surface area (Å²) in [7, 11) is 0. The Morgan fingerprint density at radius 3 is 2.64 bits per heavy atom. The van der Waals surface area contributed by atoms with Gasteiger partial charge in [-0.2, -0.15) is 0 Å². The van der Waals surface area contributed by atoms with E-state index in [1.54, 1.807) is 0 Å². The van der Waals surface area contributed by atoms with Crippen LogP contribution in [0.3, 0.4) is 0 Å². The molecule has 3 atom stereocenters. The van der Waals surface area contributed by atoms with Crippen molar-refractivity contribution in [1.82, 2.24) is 0 Å². The van der Waals surface area contributed by atoms with Gasteiger partial charge in [0.15, 0.2) is 0 Å². The van der Waals surface area contributed by atoms with Gasteiger partial charge in [0, 0.05) is 23.9 Å². The molecule has 0 aliphatic heterocycles. The van der Waals surface area contributed by atoms with Gasteiger partial charge in [0.25, 0.3) is 0 Å². The predicted octanol–water partition coefficient (Wildman–Crippen LogP) is 1.84. The van der Waals surface area contributed by atoms with Crippen LogP contribution in [0.2, 0.25) is 0 Å². The maximum atomic E-state index is 10.8. The predicted molar refractivity (Wildman–Crippen MR) is 53.6 cm³/mol. The van der Waals surface area contributed by atoms with Crippen LogP contribution >= 0.6 is 0 Å². The Kier molecular flexibility index (Phi) is 4.32. The smallest absolute Gasteiger partial charge is 0.216 e. The van der Waals surface area contributed by atoms with Crippen LogP contribution < -0.4 is 0 Å². The van der Waals surface area contributed by atoms with Crippen LogP contribution in [-0.2, 0) is 0 Å². The highest BCUT2D eigenvalue weighted by Gasteiger charge is 2.37. The fourth-order valence-corrected chi connectivity index (χ4v) is 2.52. The summed E-state index contributed by atoms with van der Waals surface area (Å²) < 4.78 is 0. The molecule has 1 aliphatic carbocycles. The Morgan fingerprint density at radius 2 is 2.14 bits per heavy atom. The van der Waals surface area contributed by atoms with Crippen molar-refractivity contribution >= 4 is 0 Å². The molecule has 0 radical (unpaired) electrons. The monoisotopic (exact) mass is 201 g/mol. The lowest BCUT2D eigenvalue weighted by molar-refractivity contribution is -0.538. The third kappa shape index (κ3) is 2.44. The molecule has 14 heavy (non-hydrogen) atoms. The molecule has 1 rings (SSSR count). The van der Waals surface area contributed by atoms with Gasteiger partial charge in [-0.05, 0) is 18.8 Å². The van der Waals surface area contributed by atoms with Crippen LogP contribution in [0.25, 0.3) is 0 Å². The number of hydrogen-bond donors (Lipinski definition) is 1. The lowest BCUT2D eigenvalue weighted by Crippen LogP contribution is -2.37. The first-order chi connectivity index (χ1) is 6.70. The number of nitro groups is 1. The second kappa shape index (κ2) is 5.29. The summed E-state index contributed by atoms with van der Waals surface area (Å²) in [6.07, 6.45) is 4.47. The molecule has 1 aliphatic rings. The average Bonchev–Trinajstić information content (AvgIpc) is 2.20. The van der Waals surface area contributed by atoms with Gasteiger partial charge in [-0.15, -0.1) is 0 Å². The molecule has 0 amide bonds. The van der Waals surface area contributed by atoms with Crippen molar-refractivity contribution in [3.8, 4) is 0 Å². The van der Waals surface area contributed by atoms with Crippen molar-refractivity contribution in [3.05, 3.63) is 10.1 Å². The second-order valence-electron chi connectivity index (χ2n) is 4.15. The molecule has 0 spiro atoms. The van der Waals surface area contributed by atoms with Crippen LogP contribution in [0.1, 0.15) is 39.0 Å². The standard InChI is InChI=1S/C10H19NO3/c1-2-8(7-12)9-5-3-4-6-10(9)11(13)14/h8-10,12H,2-7H2,1H3/t8-,9?,10?/m1/s1. The summed E-state index contributed by atoms with van der Waals surface area (Å²) in [5, 5.41) is 20.0. The van der Waals surface area contributed by atoms with E-state index in [0.717, 1.165) is 25.7 Å². The SMILES string of the molecule is CC[C@H](CO)C1CCCCC1[N+](=O)[O-]. The maximum Gasteiger partial charge on any atom is 0.216 e. The van der Waals surface area contributed by atoms with Gasteiger partial charge in [0.2, 0.25) is 6.04 Å². The van der Waals surface area contributed by atoms with Gasteiger partial charge in [-0.25, -0.2) is 0 Å². The molecule has 2 unspecified atom stereocenters. The maximum absolute atomic E-state index is 10.8. The van der Waals surface area contributed by atoms with Gasteiger partial charge in [0.05, 0.1) is 0 Å². The van der Waals surface area contributed by atoms with Gasteiger partial charge in [-0.1, -0.05) is 19.8 Å². The summed E-state index contributed by atoms with van der Waals surface area (Å²) in [6.45, 7) is 2.08. The van der Waals surface area contributed by atoms with Crippen molar-refractivity contribution < 1.29 is 10.0 Å². The zero-order valence-corrected chi connectivity index (χ0v) is 8.69. The molecule has 0 heterocycles. The van der Waals surface area contributed by atoms with E-state index in [4.69, 9.17) is 5.11 Å². The molecule has 0 aromatic rings. The Balaban J connectivity index is 2.65. The molecule has 1 saturated carbocycles. The van der Waals surface area contributed by atoms with Gasteiger partial charge in [-0.3, -0.25) is 10.1 Å². The van der Waals surface area contributed by atoms with E-state index in [1.165, 1.54) is 0 Å². The molecule has 0 saturated heterocycles. The molecule has 0 aromatic heterocycles. The van der Waals surface area contributed by atoms with Gasteiger partial charge < -0.3 is 5.11 Å². The van der Waals surface area contributed by atoms with Crippen molar-refractivity contribution in [2.45, 2.75) is 45.1 Å². The minimum absolute atomic E-state index is 0.0888. The minimum Gasteiger partial charge on any atom is -0.396 e. The highest BCUT2D eigenvalue weighted by Crippen LogP contribution is 2.33. The average molecular weight is 201 g/mol. The van der Waals surface area contributed by atoms with Crippen LogP contribution in [0.15, 0.2) is 0 Å². The minimum atomic E-state index is -0.416. The first kappa shape index (κ1) is 11.4. The summed E-state index contributed by atoms with van der Waals surface area (Å²) in [6, 6.07) is -0.416. The van der Waals surface area contributed by atoms with Gasteiger partial charge >= 0.3 is 0 Å². The highest BCUT2D eigenvalue weighted by atomic mass is 16.6. The van der Waals surface area contributed by atoms with Crippen molar-refractivity contribution in [2.24, 2.45) is 11.8 Å². The molecule has 1 N–H and O–H groups in total. The lowest BCUT2D eigenvalue weighted by atomic mass is 9.76. The molecule has 4 nitrogen and oxygen atoms in total. The van der Waals surface area contributed by atoms with E-state index in [0.29, 0.717) is 6.42 Å². The summed E-state index contributed by atoms with van der Waals surface area (Å²) in [4.78, 5) is 10.7. The molecular formula is C10H19NO3. The summed E-state index contributed by atoms with van der Waals surface area (Å²) >= 11 is 0. The van der Waals surface area contributed by atoms with Crippen LogP contribution in [0, 0.1) is 22.0 Å². The number of aliphatic hydroxyl groups is 1. The number of hydrogen-bond acceptors (Lipinski definition) is 3.